The summed E-state index contributed by atoms with van der Waals surface area (Å²) < 4.78 is 6.05. The van der Waals surface area contributed by atoms with Crippen LogP contribution in [0.2, 0.25) is 0 Å². The first-order valence-electron chi connectivity index (χ1n) is 20.6. The molecule has 1 aromatic heterocycles. The number of hydrogen-bond acceptors (Lipinski definition) is 6. The lowest BCUT2D eigenvalue weighted by atomic mass is 9.82. The van der Waals surface area contributed by atoms with Crippen LogP contribution in [0.4, 0.5) is 5.69 Å². The normalized spacial score (nSPS) is 14.5. The summed E-state index contributed by atoms with van der Waals surface area (Å²) in [5, 5.41) is 17.7. The Balaban J connectivity index is 1.05. The Labute approximate surface area is 347 Å². The van der Waals surface area contributed by atoms with Gasteiger partial charge in [-0.3, -0.25) is 9.59 Å². The summed E-state index contributed by atoms with van der Waals surface area (Å²) in [5.41, 5.74) is 5.39. The van der Waals surface area contributed by atoms with Crippen molar-refractivity contribution in [1.29, 1.82) is 0 Å². The van der Waals surface area contributed by atoms with Gasteiger partial charge in [-0.25, -0.2) is 4.85 Å². The summed E-state index contributed by atoms with van der Waals surface area (Å²) in [6, 6.07) is 45.6. The molecule has 7 rings (SSSR count). The molecular weight excluding hydrogens is 735 g/mol. The van der Waals surface area contributed by atoms with Crippen molar-refractivity contribution in [3.8, 4) is 5.75 Å². The largest absolute Gasteiger partial charge is 0.489 e. The maximum atomic E-state index is 13.9. The second-order valence-corrected chi connectivity index (χ2v) is 15.4. The number of benzene rings is 5. The number of amides is 2. The predicted molar refractivity (Wildman–Crippen MR) is 229 cm³/mol. The molecule has 1 fully saturated rings. The third-order valence-electron chi connectivity index (χ3n) is 11.4. The topological polar surface area (TPSA) is 107 Å². The van der Waals surface area contributed by atoms with Crippen LogP contribution in [-0.2, 0) is 41.0 Å². The van der Waals surface area contributed by atoms with Crippen LogP contribution in [0.25, 0.3) is 4.85 Å². The zero-order valence-corrected chi connectivity index (χ0v) is 33.6. The standard InChI is InChI=1S/C49H51N7O3/c1-3-49(42-17-11-6-12-18-42,35-40-13-7-4-8-14-40)56-53-48(52-54-56)45(33-38-21-26-44(27-22-38)59-36-41-15-9-5-10-16-41)51-46(57)34-39-29-31-55(32-30-39)47(58)28-23-37-19-24-43(50-2)25-20-37/h4-22,24-27,39,45H,3,23,28-36H2,1H3,(H,51,57). The Morgan fingerprint density at radius 2 is 1.44 bits per heavy atom. The van der Waals surface area contributed by atoms with Crippen LogP contribution in [0.5, 0.6) is 5.75 Å². The summed E-state index contributed by atoms with van der Waals surface area (Å²) in [6.45, 7) is 11.0. The molecule has 2 heterocycles. The van der Waals surface area contributed by atoms with Crippen LogP contribution in [0.1, 0.15) is 78.7 Å². The average Bonchev–Trinajstić information content (AvgIpc) is 3.79. The Bertz CT molecular complexity index is 2280. The van der Waals surface area contributed by atoms with Gasteiger partial charge in [0.05, 0.1) is 12.6 Å². The number of rotatable bonds is 17. The van der Waals surface area contributed by atoms with Gasteiger partial charge in [0.2, 0.25) is 11.8 Å². The van der Waals surface area contributed by atoms with Crippen molar-refractivity contribution in [2.45, 2.75) is 76.5 Å². The van der Waals surface area contributed by atoms with Crippen molar-refractivity contribution in [1.82, 2.24) is 30.4 Å². The lowest BCUT2D eigenvalue weighted by Gasteiger charge is -2.32. The van der Waals surface area contributed by atoms with Gasteiger partial charge in [-0.15, -0.1) is 10.2 Å². The van der Waals surface area contributed by atoms with Crippen LogP contribution in [0.15, 0.2) is 140 Å². The van der Waals surface area contributed by atoms with Gasteiger partial charge < -0.3 is 15.0 Å². The molecule has 1 aliphatic rings. The smallest absolute Gasteiger partial charge is 0.222 e. The summed E-state index contributed by atoms with van der Waals surface area (Å²) >= 11 is 0. The second-order valence-electron chi connectivity index (χ2n) is 15.4. The molecule has 5 aromatic carbocycles. The number of nitrogens with one attached hydrogen (secondary N) is 1. The molecule has 0 saturated carbocycles. The molecule has 1 saturated heterocycles. The van der Waals surface area contributed by atoms with E-state index in [4.69, 9.17) is 16.4 Å². The summed E-state index contributed by atoms with van der Waals surface area (Å²) in [4.78, 5) is 34.1. The SMILES string of the molecule is [C-]#[N+]c1ccc(CCC(=O)N2CCC(CC(=O)NC(Cc3ccc(OCc4ccccc4)cc3)c3nnn(C(CC)(Cc4ccccc4)c4ccccc4)n3)CC2)cc1. The van der Waals surface area contributed by atoms with E-state index in [2.05, 4.69) is 51.7 Å². The number of aryl methyl sites for hydroxylation is 1. The lowest BCUT2D eigenvalue weighted by molar-refractivity contribution is -0.132. The molecule has 10 heteroatoms. The van der Waals surface area contributed by atoms with Crippen LogP contribution in [0, 0.1) is 12.5 Å². The number of ether oxygens (including phenoxy) is 1. The number of tetrazole rings is 1. The number of carbonyl (C=O) groups excluding carboxylic acids is 2. The molecule has 59 heavy (non-hydrogen) atoms. The summed E-state index contributed by atoms with van der Waals surface area (Å²) in [7, 11) is 0. The fraction of sp³-hybridized carbons (Fsp3) is 0.306. The summed E-state index contributed by atoms with van der Waals surface area (Å²) in [5.74, 6) is 1.42. The zero-order chi connectivity index (χ0) is 40.9. The van der Waals surface area contributed by atoms with Gasteiger partial charge in [0.1, 0.15) is 17.9 Å². The van der Waals surface area contributed by atoms with Gasteiger partial charge >= 0.3 is 0 Å². The van der Waals surface area contributed by atoms with Gasteiger partial charge in [-0.1, -0.05) is 140 Å². The third-order valence-corrected chi connectivity index (χ3v) is 11.4. The van der Waals surface area contributed by atoms with E-state index in [0.717, 1.165) is 52.8 Å². The lowest BCUT2D eigenvalue weighted by Crippen LogP contribution is -2.40. The van der Waals surface area contributed by atoms with E-state index >= 15 is 0 Å². The zero-order valence-electron chi connectivity index (χ0n) is 33.6. The molecule has 0 bridgehead atoms. The highest BCUT2D eigenvalue weighted by molar-refractivity contribution is 5.77. The molecule has 1 N–H and O–H groups in total. The van der Waals surface area contributed by atoms with E-state index in [9.17, 15) is 9.59 Å². The van der Waals surface area contributed by atoms with E-state index in [1.165, 1.54) is 0 Å². The van der Waals surface area contributed by atoms with Crippen molar-refractivity contribution in [2.75, 3.05) is 13.1 Å². The number of piperidine rings is 1. The highest BCUT2D eigenvalue weighted by atomic mass is 16.5. The van der Waals surface area contributed by atoms with Gasteiger partial charge in [0, 0.05) is 38.8 Å². The predicted octanol–water partition coefficient (Wildman–Crippen LogP) is 8.86. The van der Waals surface area contributed by atoms with Crippen LogP contribution in [0.3, 0.4) is 0 Å². The van der Waals surface area contributed by atoms with Gasteiger partial charge in [0.15, 0.2) is 11.5 Å². The molecule has 2 unspecified atom stereocenters. The molecule has 10 nitrogen and oxygen atoms in total. The van der Waals surface area contributed by atoms with Gasteiger partial charge in [-0.2, -0.15) is 4.80 Å². The first-order valence-corrected chi connectivity index (χ1v) is 20.6. The first-order chi connectivity index (χ1) is 28.9. The monoisotopic (exact) mass is 785 g/mol. The fourth-order valence-electron chi connectivity index (χ4n) is 7.94. The van der Waals surface area contributed by atoms with Crippen molar-refractivity contribution >= 4 is 17.5 Å². The molecule has 300 valence electrons. The van der Waals surface area contributed by atoms with Crippen molar-refractivity contribution in [2.24, 2.45) is 5.92 Å². The van der Waals surface area contributed by atoms with E-state index in [1.807, 2.05) is 108 Å². The Morgan fingerprint density at radius 3 is 2.08 bits per heavy atom. The van der Waals surface area contributed by atoms with Crippen molar-refractivity contribution in [3.05, 3.63) is 185 Å². The minimum absolute atomic E-state index is 0.0732. The quantitative estimate of drug-likeness (QED) is 0.0927. The van der Waals surface area contributed by atoms with E-state index < -0.39 is 11.6 Å². The maximum absolute atomic E-state index is 13.9. The Hall–Kier alpha value is -6.60. The minimum Gasteiger partial charge on any atom is -0.489 e. The Morgan fingerprint density at radius 1 is 0.814 bits per heavy atom. The van der Waals surface area contributed by atoms with E-state index in [0.29, 0.717) is 63.3 Å². The maximum Gasteiger partial charge on any atom is 0.222 e. The van der Waals surface area contributed by atoms with Crippen LogP contribution in [-0.4, -0.2) is 50.0 Å². The molecule has 0 radical (unpaired) electrons. The highest BCUT2D eigenvalue weighted by Crippen LogP contribution is 2.33. The number of nitrogens with zero attached hydrogens (tertiary/aromatic N) is 6. The molecule has 1 aliphatic heterocycles. The third kappa shape index (κ3) is 10.7. The minimum atomic E-state index is -0.603. The van der Waals surface area contributed by atoms with Gasteiger partial charge in [0.25, 0.3) is 0 Å². The molecule has 6 aromatic rings. The number of aromatic nitrogens is 4. The number of carbonyl (C=O) groups is 2. The first kappa shape index (κ1) is 40.6. The molecular formula is C49H51N7O3. The molecule has 2 atom stereocenters. The van der Waals surface area contributed by atoms with Crippen molar-refractivity contribution < 1.29 is 14.3 Å². The van der Waals surface area contributed by atoms with E-state index in [-0.39, 0.29) is 17.7 Å². The number of hydrogen-bond donors (Lipinski definition) is 1. The molecule has 0 spiro atoms. The average molecular weight is 786 g/mol. The Kier molecular flexibility index (Phi) is 13.6. The molecule has 0 aliphatic carbocycles. The number of likely N-dealkylation sites (tertiary alicyclic amines) is 1. The van der Waals surface area contributed by atoms with Crippen molar-refractivity contribution in [3.63, 3.8) is 0 Å². The highest BCUT2D eigenvalue weighted by Gasteiger charge is 2.37. The molecule has 2 amide bonds. The van der Waals surface area contributed by atoms with Crippen LogP contribution < -0.4 is 10.1 Å². The summed E-state index contributed by atoms with van der Waals surface area (Å²) in [6.07, 6.45) is 4.79. The fourth-order valence-corrected chi connectivity index (χ4v) is 7.94. The van der Waals surface area contributed by atoms with E-state index in [1.54, 1.807) is 16.9 Å². The van der Waals surface area contributed by atoms with Crippen LogP contribution >= 0.6 is 0 Å². The second kappa shape index (κ2) is 19.7. The van der Waals surface area contributed by atoms with Gasteiger partial charge in [-0.05, 0) is 71.2 Å².